The Morgan fingerprint density at radius 2 is 1.78 bits per heavy atom. The average Bonchev–Trinajstić information content (AvgIpc) is 2.54. The van der Waals surface area contributed by atoms with Crippen LogP contribution in [0.4, 0.5) is 4.39 Å². The third kappa shape index (κ3) is 3.60. The summed E-state index contributed by atoms with van der Waals surface area (Å²) in [6.07, 6.45) is 0. The molecule has 2 aromatic rings. The van der Waals surface area contributed by atoms with Crippen molar-refractivity contribution in [3.8, 4) is 11.5 Å². The normalized spacial score (nSPS) is 10.1. The molecule has 2 rings (SSSR count). The number of hydrogen-bond acceptors (Lipinski definition) is 5. The lowest BCUT2D eigenvalue weighted by Crippen LogP contribution is -2.12. The number of rotatable bonds is 4. The van der Waals surface area contributed by atoms with Crippen LogP contribution < -0.4 is 9.47 Å². The van der Waals surface area contributed by atoms with Crippen LogP contribution in [-0.2, 0) is 4.74 Å². The molecule has 0 bridgehead atoms. The van der Waals surface area contributed by atoms with Gasteiger partial charge in [0.15, 0.2) is 11.5 Å². The molecule has 5 nitrogen and oxygen atoms in total. The van der Waals surface area contributed by atoms with Crippen LogP contribution in [0.1, 0.15) is 20.7 Å². The Hall–Kier alpha value is -2.60. The fourth-order valence-corrected chi connectivity index (χ4v) is 2.08. The predicted molar refractivity (Wildman–Crippen MR) is 80.7 cm³/mol. The highest BCUT2D eigenvalue weighted by Gasteiger charge is 2.20. The number of ether oxygens (including phenoxy) is 3. The first-order valence-electron chi connectivity index (χ1n) is 6.40. The number of benzene rings is 2. The molecule has 0 atom stereocenters. The van der Waals surface area contributed by atoms with E-state index in [1.165, 1.54) is 44.6 Å². The fraction of sp³-hybridized carbons (Fsp3) is 0.125. The molecule has 0 unspecified atom stereocenters. The Balaban J connectivity index is 2.33. The lowest BCUT2D eigenvalue weighted by Gasteiger charge is -2.11. The molecule has 0 saturated heterocycles. The minimum atomic E-state index is -0.975. The largest absolute Gasteiger partial charge is 0.493 e. The molecule has 0 saturated carbocycles. The second-order valence-corrected chi connectivity index (χ2v) is 4.75. The number of hydrogen-bond donors (Lipinski definition) is 0. The highest BCUT2D eigenvalue weighted by atomic mass is 35.5. The van der Waals surface area contributed by atoms with Crippen LogP contribution in [0.5, 0.6) is 11.5 Å². The van der Waals surface area contributed by atoms with Crippen LogP contribution in [0, 0.1) is 5.82 Å². The molecular weight excluding hydrogens is 327 g/mol. The van der Waals surface area contributed by atoms with Crippen molar-refractivity contribution in [2.24, 2.45) is 0 Å². The molecule has 0 aromatic heterocycles. The molecule has 120 valence electrons. The zero-order valence-corrected chi connectivity index (χ0v) is 13.0. The maximum absolute atomic E-state index is 13.7. The van der Waals surface area contributed by atoms with Crippen molar-refractivity contribution in [2.45, 2.75) is 0 Å². The topological polar surface area (TPSA) is 61.8 Å². The molecule has 0 amide bonds. The predicted octanol–water partition coefficient (Wildman–Crippen LogP) is 3.49. The monoisotopic (exact) mass is 338 g/mol. The van der Waals surface area contributed by atoms with Gasteiger partial charge < -0.3 is 14.2 Å². The van der Waals surface area contributed by atoms with E-state index in [1.54, 1.807) is 0 Å². The van der Waals surface area contributed by atoms with Gasteiger partial charge in [0.05, 0.1) is 24.8 Å². The van der Waals surface area contributed by atoms with E-state index >= 15 is 0 Å². The van der Waals surface area contributed by atoms with Crippen LogP contribution in [0.25, 0.3) is 0 Å². The highest BCUT2D eigenvalue weighted by molar-refractivity contribution is 6.33. The minimum absolute atomic E-state index is 0.0180. The molecule has 0 radical (unpaired) electrons. The van der Waals surface area contributed by atoms with Gasteiger partial charge in [0.1, 0.15) is 11.4 Å². The number of carbonyl (C=O) groups is 2. The number of halogens is 2. The van der Waals surface area contributed by atoms with E-state index in [2.05, 4.69) is 4.74 Å². The lowest BCUT2D eigenvalue weighted by atomic mass is 10.2. The van der Waals surface area contributed by atoms with Crippen molar-refractivity contribution in [3.05, 3.63) is 58.4 Å². The number of esters is 2. The maximum atomic E-state index is 13.7. The van der Waals surface area contributed by atoms with Gasteiger partial charge in [-0.1, -0.05) is 17.7 Å². The lowest BCUT2D eigenvalue weighted by molar-refractivity contribution is 0.0600. The molecule has 0 spiro atoms. The van der Waals surface area contributed by atoms with Crippen molar-refractivity contribution >= 4 is 23.5 Å². The van der Waals surface area contributed by atoms with Gasteiger partial charge in [-0.3, -0.25) is 0 Å². The summed E-state index contributed by atoms with van der Waals surface area (Å²) in [6.45, 7) is 0. The van der Waals surface area contributed by atoms with Gasteiger partial charge in [-0.05, 0) is 30.3 Å². The smallest absolute Gasteiger partial charge is 0.348 e. The van der Waals surface area contributed by atoms with Gasteiger partial charge in [-0.2, -0.15) is 0 Å². The summed E-state index contributed by atoms with van der Waals surface area (Å²) in [7, 11) is 2.58. The van der Waals surface area contributed by atoms with Gasteiger partial charge in [0.25, 0.3) is 0 Å². The highest BCUT2D eigenvalue weighted by Crippen LogP contribution is 2.30. The molecule has 0 aliphatic carbocycles. The van der Waals surface area contributed by atoms with Crippen LogP contribution >= 0.6 is 11.6 Å². The molecule has 0 aliphatic rings. The van der Waals surface area contributed by atoms with Crippen molar-refractivity contribution in [1.82, 2.24) is 0 Å². The van der Waals surface area contributed by atoms with E-state index in [0.717, 1.165) is 6.07 Å². The van der Waals surface area contributed by atoms with E-state index in [-0.39, 0.29) is 27.6 Å². The molecule has 7 heteroatoms. The Morgan fingerprint density at radius 3 is 2.39 bits per heavy atom. The van der Waals surface area contributed by atoms with Crippen LogP contribution in [0.3, 0.4) is 0 Å². The van der Waals surface area contributed by atoms with Crippen molar-refractivity contribution in [1.29, 1.82) is 0 Å². The summed E-state index contributed by atoms with van der Waals surface area (Å²) in [5, 5.41) is -0.0693. The first-order chi connectivity index (χ1) is 11.0. The van der Waals surface area contributed by atoms with E-state index < -0.39 is 17.8 Å². The molecule has 0 aliphatic heterocycles. The third-order valence-corrected chi connectivity index (χ3v) is 3.27. The SMILES string of the molecule is COC(=O)c1ccc(OC(=O)c2c(F)cccc2Cl)c(OC)c1. The van der Waals surface area contributed by atoms with Crippen LogP contribution in [-0.4, -0.2) is 26.2 Å². The van der Waals surface area contributed by atoms with Gasteiger partial charge in [0.2, 0.25) is 0 Å². The maximum Gasteiger partial charge on any atom is 0.348 e. The molecule has 2 aromatic carbocycles. The summed E-state index contributed by atoms with van der Waals surface area (Å²) >= 11 is 5.82. The Morgan fingerprint density at radius 1 is 1.04 bits per heavy atom. The van der Waals surface area contributed by atoms with Crippen LogP contribution in [0.2, 0.25) is 5.02 Å². The summed E-state index contributed by atoms with van der Waals surface area (Å²) < 4.78 is 28.5. The first-order valence-corrected chi connectivity index (χ1v) is 6.78. The first kappa shape index (κ1) is 16.8. The summed E-state index contributed by atoms with van der Waals surface area (Å²) in [5.41, 5.74) is -0.165. The Bertz CT molecular complexity index is 740. The van der Waals surface area contributed by atoms with Crippen LogP contribution in [0.15, 0.2) is 36.4 Å². The Kier molecular flexibility index (Phi) is 5.18. The number of carbonyl (C=O) groups excluding carboxylic acids is 2. The molecule has 0 heterocycles. The van der Waals surface area contributed by atoms with Gasteiger partial charge in [-0.25, -0.2) is 14.0 Å². The van der Waals surface area contributed by atoms with E-state index in [9.17, 15) is 14.0 Å². The second kappa shape index (κ2) is 7.11. The third-order valence-electron chi connectivity index (χ3n) is 2.95. The summed E-state index contributed by atoms with van der Waals surface area (Å²) in [4.78, 5) is 23.6. The molecular formula is C16H12ClFO5. The second-order valence-electron chi connectivity index (χ2n) is 4.34. The number of methoxy groups -OCH3 is 2. The van der Waals surface area contributed by atoms with E-state index in [4.69, 9.17) is 21.1 Å². The van der Waals surface area contributed by atoms with Crippen molar-refractivity contribution in [3.63, 3.8) is 0 Å². The van der Waals surface area contributed by atoms with E-state index in [1.807, 2.05) is 0 Å². The Labute approximate surface area is 136 Å². The molecule has 0 N–H and O–H groups in total. The standard InChI is InChI=1S/C16H12ClFO5/c1-21-13-8-9(15(19)22-2)6-7-12(13)23-16(20)14-10(17)4-3-5-11(14)18/h3-8H,1-2H3. The van der Waals surface area contributed by atoms with Gasteiger partial charge >= 0.3 is 11.9 Å². The van der Waals surface area contributed by atoms with Gasteiger partial charge in [0, 0.05) is 0 Å². The fourth-order valence-electron chi connectivity index (χ4n) is 1.84. The zero-order chi connectivity index (χ0) is 17.0. The average molecular weight is 339 g/mol. The summed E-state index contributed by atoms with van der Waals surface area (Å²) in [5.74, 6) is -2.21. The zero-order valence-electron chi connectivity index (χ0n) is 12.3. The van der Waals surface area contributed by atoms with E-state index in [0.29, 0.717) is 0 Å². The minimum Gasteiger partial charge on any atom is -0.493 e. The quantitative estimate of drug-likeness (QED) is 0.630. The van der Waals surface area contributed by atoms with Crippen molar-refractivity contribution < 1.29 is 28.2 Å². The molecule has 23 heavy (non-hydrogen) atoms. The van der Waals surface area contributed by atoms with Gasteiger partial charge in [-0.15, -0.1) is 0 Å². The van der Waals surface area contributed by atoms with Crippen molar-refractivity contribution in [2.75, 3.05) is 14.2 Å². The summed E-state index contributed by atoms with van der Waals surface area (Å²) in [6, 6.07) is 7.92. The molecule has 0 fully saturated rings.